The second kappa shape index (κ2) is 10.5. The molecule has 3 aromatic carbocycles. The average molecular weight is 446 g/mol. The summed E-state index contributed by atoms with van der Waals surface area (Å²) in [6.45, 7) is 0.477. The summed E-state index contributed by atoms with van der Waals surface area (Å²) in [6, 6.07) is 27.0. The monoisotopic (exact) mass is 445 g/mol. The predicted molar refractivity (Wildman–Crippen MR) is 127 cm³/mol. The van der Waals surface area contributed by atoms with Crippen LogP contribution in [0.5, 0.6) is 5.75 Å². The zero-order chi connectivity index (χ0) is 22.2. The first-order valence-electron chi connectivity index (χ1n) is 10.1. The molecule has 7 nitrogen and oxygen atoms in total. The molecule has 0 bridgehead atoms. The van der Waals surface area contributed by atoms with Gasteiger partial charge < -0.3 is 15.4 Å². The van der Waals surface area contributed by atoms with E-state index in [1.54, 1.807) is 7.11 Å². The Hall–Kier alpha value is -3.78. The van der Waals surface area contributed by atoms with Crippen molar-refractivity contribution in [3.05, 3.63) is 90.8 Å². The van der Waals surface area contributed by atoms with Crippen LogP contribution in [0.3, 0.4) is 0 Å². The molecule has 0 saturated carbocycles. The van der Waals surface area contributed by atoms with Crippen LogP contribution in [0.2, 0.25) is 0 Å². The number of thioether (sulfide) groups is 1. The predicted octanol–water partition coefficient (Wildman–Crippen LogP) is 4.62. The third-order valence-corrected chi connectivity index (χ3v) is 5.57. The molecule has 0 aliphatic rings. The molecule has 0 aliphatic heterocycles. The number of hydrogen-bond donors (Lipinski definition) is 2. The fourth-order valence-electron chi connectivity index (χ4n) is 3.08. The molecule has 8 heteroatoms. The number of ether oxygens (including phenoxy) is 1. The highest BCUT2D eigenvalue weighted by molar-refractivity contribution is 7.99. The van der Waals surface area contributed by atoms with Crippen LogP contribution in [-0.2, 0) is 11.3 Å². The Morgan fingerprint density at radius 1 is 0.906 bits per heavy atom. The number of nitrogens with one attached hydrogen (secondary N) is 2. The van der Waals surface area contributed by atoms with Gasteiger partial charge in [0.05, 0.1) is 19.4 Å². The van der Waals surface area contributed by atoms with Crippen LogP contribution < -0.4 is 15.4 Å². The zero-order valence-corrected chi connectivity index (χ0v) is 18.4. The van der Waals surface area contributed by atoms with E-state index in [-0.39, 0.29) is 11.7 Å². The molecule has 0 aliphatic carbocycles. The number of amides is 1. The van der Waals surface area contributed by atoms with Gasteiger partial charge in [-0.15, -0.1) is 10.2 Å². The lowest BCUT2D eigenvalue weighted by Crippen LogP contribution is -2.14. The van der Waals surface area contributed by atoms with Crippen molar-refractivity contribution >= 4 is 29.0 Å². The summed E-state index contributed by atoms with van der Waals surface area (Å²) in [6.07, 6.45) is 0. The van der Waals surface area contributed by atoms with Crippen molar-refractivity contribution in [1.29, 1.82) is 0 Å². The van der Waals surface area contributed by atoms with Gasteiger partial charge in [0.2, 0.25) is 5.91 Å². The quantitative estimate of drug-likeness (QED) is 0.366. The van der Waals surface area contributed by atoms with E-state index in [1.807, 2.05) is 89.5 Å². The average Bonchev–Trinajstić information content (AvgIpc) is 3.26. The van der Waals surface area contributed by atoms with E-state index >= 15 is 0 Å². The minimum Gasteiger partial charge on any atom is -0.497 e. The molecular weight excluding hydrogens is 422 g/mol. The highest BCUT2D eigenvalue weighted by atomic mass is 32.2. The van der Waals surface area contributed by atoms with Crippen molar-refractivity contribution in [2.45, 2.75) is 11.7 Å². The lowest BCUT2D eigenvalue weighted by atomic mass is 10.3. The van der Waals surface area contributed by atoms with Gasteiger partial charge in [0.1, 0.15) is 5.75 Å². The number of carbonyl (C=O) groups excluding carboxylic acids is 1. The summed E-state index contributed by atoms with van der Waals surface area (Å²) in [5.41, 5.74) is 2.66. The number of aromatic nitrogens is 3. The molecule has 0 saturated heterocycles. The first kappa shape index (κ1) is 21.5. The third kappa shape index (κ3) is 5.47. The first-order chi connectivity index (χ1) is 15.7. The molecule has 1 amide bonds. The molecule has 1 heterocycles. The molecule has 0 radical (unpaired) electrons. The van der Waals surface area contributed by atoms with Gasteiger partial charge in [0, 0.05) is 17.1 Å². The number of methoxy groups -OCH3 is 1. The van der Waals surface area contributed by atoms with E-state index in [0.717, 1.165) is 28.6 Å². The minimum atomic E-state index is -0.0956. The number of benzene rings is 3. The van der Waals surface area contributed by atoms with E-state index in [4.69, 9.17) is 4.74 Å². The molecule has 1 aromatic heterocycles. The lowest BCUT2D eigenvalue weighted by Gasteiger charge is -2.12. The molecule has 4 rings (SSSR count). The smallest absolute Gasteiger partial charge is 0.234 e. The Kier molecular flexibility index (Phi) is 7.04. The molecule has 0 unspecified atom stereocenters. The fourth-order valence-corrected chi connectivity index (χ4v) is 3.85. The Morgan fingerprint density at radius 3 is 2.28 bits per heavy atom. The van der Waals surface area contributed by atoms with Gasteiger partial charge in [-0.25, -0.2) is 0 Å². The second-order valence-corrected chi connectivity index (χ2v) is 7.80. The van der Waals surface area contributed by atoms with Crippen LogP contribution in [0.4, 0.5) is 11.4 Å². The molecule has 162 valence electrons. The van der Waals surface area contributed by atoms with Crippen molar-refractivity contribution in [1.82, 2.24) is 14.8 Å². The van der Waals surface area contributed by atoms with Crippen LogP contribution in [0, 0.1) is 0 Å². The summed E-state index contributed by atoms with van der Waals surface area (Å²) >= 11 is 1.35. The van der Waals surface area contributed by atoms with Gasteiger partial charge in [0.25, 0.3) is 0 Å². The first-order valence-corrected chi connectivity index (χ1v) is 11.1. The molecule has 32 heavy (non-hydrogen) atoms. The van der Waals surface area contributed by atoms with Crippen LogP contribution in [0.25, 0.3) is 5.69 Å². The number of anilines is 2. The van der Waals surface area contributed by atoms with Gasteiger partial charge in [-0.3, -0.25) is 9.36 Å². The van der Waals surface area contributed by atoms with Crippen LogP contribution in [0.1, 0.15) is 5.82 Å². The molecular formula is C24H23N5O2S. The maximum atomic E-state index is 12.4. The van der Waals surface area contributed by atoms with Crippen molar-refractivity contribution < 1.29 is 9.53 Å². The number of para-hydroxylation sites is 2. The zero-order valence-electron chi connectivity index (χ0n) is 17.6. The normalized spacial score (nSPS) is 10.5. The Labute approximate surface area is 190 Å². The van der Waals surface area contributed by atoms with E-state index in [9.17, 15) is 4.79 Å². The number of rotatable bonds is 9. The van der Waals surface area contributed by atoms with Gasteiger partial charge in [-0.1, -0.05) is 48.2 Å². The van der Waals surface area contributed by atoms with Crippen LogP contribution >= 0.6 is 11.8 Å². The molecule has 4 aromatic rings. The summed E-state index contributed by atoms with van der Waals surface area (Å²) in [5, 5.41) is 15.6. The van der Waals surface area contributed by atoms with Crippen molar-refractivity contribution in [2.24, 2.45) is 0 Å². The highest BCUT2D eigenvalue weighted by Gasteiger charge is 2.16. The van der Waals surface area contributed by atoms with Gasteiger partial charge in [0.15, 0.2) is 11.0 Å². The van der Waals surface area contributed by atoms with Crippen LogP contribution in [0.15, 0.2) is 90.1 Å². The standard InChI is InChI=1S/C24H23N5O2S/c1-31-21-14-12-18(13-15-21)25-16-22-27-28-24(29(22)20-10-6-3-7-11-20)32-17-23(30)26-19-8-4-2-5-9-19/h2-15,25H,16-17H2,1H3,(H,26,30). The van der Waals surface area contributed by atoms with Gasteiger partial charge in [-0.2, -0.15) is 0 Å². The summed E-state index contributed by atoms with van der Waals surface area (Å²) < 4.78 is 7.18. The van der Waals surface area contributed by atoms with Crippen molar-refractivity contribution in [3.8, 4) is 11.4 Å². The topological polar surface area (TPSA) is 81.1 Å². The molecule has 2 N–H and O–H groups in total. The van der Waals surface area contributed by atoms with E-state index in [0.29, 0.717) is 11.7 Å². The lowest BCUT2D eigenvalue weighted by molar-refractivity contribution is -0.113. The highest BCUT2D eigenvalue weighted by Crippen LogP contribution is 2.23. The molecule has 0 atom stereocenters. The van der Waals surface area contributed by atoms with Gasteiger partial charge in [-0.05, 0) is 48.5 Å². The number of hydrogen-bond acceptors (Lipinski definition) is 6. The number of carbonyl (C=O) groups is 1. The largest absolute Gasteiger partial charge is 0.497 e. The summed E-state index contributed by atoms with van der Waals surface area (Å²) in [5.74, 6) is 1.68. The minimum absolute atomic E-state index is 0.0956. The number of nitrogens with zero attached hydrogens (tertiary/aromatic N) is 3. The Morgan fingerprint density at radius 2 is 1.59 bits per heavy atom. The summed E-state index contributed by atoms with van der Waals surface area (Å²) in [7, 11) is 1.64. The SMILES string of the molecule is COc1ccc(NCc2nnc(SCC(=O)Nc3ccccc3)n2-c2ccccc2)cc1. The van der Waals surface area contributed by atoms with E-state index in [2.05, 4.69) is 20.8 Å². The molecule has 0 spiro atoms. The fraction of sp³-hybridized carbons (Fsp3) is 0.125. The summed E-state index contributed by atoms with van der Waals surface area (Å²) in [4.78, 5) is 12.4. The molecule has 0 fully saturated rings. The van der Waals surface area contributed by atoms with E-state index in [1.165, 1.54) is 11.8 Å². The second-order valence-electron chi connectivity index (χ2n) is 6.85. The van der Waals surface area contributed by atoms with E-state index < -0.39 is 0 Å². The van der Waals surface area contributed by atoms with Crippen molar-refractivity contribution in [3.63, 3.8) is 0 Å². The van der Waals surface area contributed by atoms with Gasteiger partial charge >= 0.3 is 0 Å². The Bertz CT molecular complexity index is 1150. The van der Waals surface area contributed by atoms with Crippen molar-refractivity contribution in [2.75, 3.05) is 23.5 Å². The Balaban J connectivity index is 1.48. The van der Waals surface area contributed by atoms with Crippen LogP contribution in [-0.4, -0.2) is 33.5 Å². The third-order valence-electron chi connectivity index (χ3n) is 4.65. The maximum absolute atomic E-state index is 12.4. The maximum Gasteiger partial charge on any atom is 0.234 e.